The normalized spacial score (nSPS) is 16.1. The fourth-order valence-electron chi connectivity index (χ4n) is 10.1. The maximum absolute atomic E-state index is 14.2. The number of amides is 2. The topological polar surface area (TPSA) is 129 Å². The van der Waals surface area contributed by atoms with Gasteiger partial charge in [0.2, 0.25) is 0 Å². The van der Waals surface area contributed by atoms with E-state index in [0.717, 1.165) is 63.5 Å². The summed E-state index contributed by atoms with van der Waals surface area (Å²) in [5.41, 5.74) is 10.3. The monoisotopic (exact) mass is 1050 g/mol. The molecule has 13 nitrogen and oxygen atoms in total. The number of hydrogen-bond acceptors (Lipinski definition) is 13. The Morgan fingerprint density at radius 3 is 2.12 bits per heavy atom. The van der Waals surface area contributed by atoms with E-state index in [1.807, 2.05) is 89.2 Å². The highest BCUT2D eigenvalue weighted by atomic mass is 33.1. The maximum Gasteiger partial charge on any atom is 0.261 e. The molecule has 0 radical (unpaired) electrons. The molecular weight excluding hydrogens is 985 g/mol. The number of hydrogen-bond donors (Lipinski definition) is 0. The van der Waals surface area contributed by atoms with Crippen LogP contribution in [0.1, 0.15) is 94.1 Å². The van der Waals surface area contributed by atoms with Crippen molar-refractivity contribution in [1.29, 1.82) is 0 Å². The highest BCUT2D eigenvalue weighted by Gasteiger charge is 2.38. The number of Topliss-reactive ketones (excluding diaryl/α,β-unsaturated/α-hetero) is 1. The van der Waals surface area contributed by atoms with Gasteiger partial charge in [0.15, 0.2) is 11.5 Å². The molecule has 5 aromatic carbocycles. The molecule has 0 unspecified atom stereocenters. The molecule has 4 aliphatic rings. The van der Waals surface area contributed by atoms with Gasteiger partial charge in [-0.1, -0.05) is 77.1 Å². The van der Waals surface area contributed by atoms with Crippen LogP contribution in [0.3, 0.4) is 0 Å². The number of ketones is 1. The number of aliphatic imine (C=N–C) groups is 1. The summed E-state index contributed by atoms with van der Waals surface area (Å²) in [6, 6.07) is 29.8. The van der Waals surface area contributed by atoms with Gasteiger partial charge in [0.05, 0.1) is 63.5 Å². The summed E-state index contributed by atoms with van der Waals surface area (Å²) in [4.78, 5) is 51.4. The smallest absolute Gasteiger partial charge is 0.261 e. The van der Waals surface area contributed by atoms with Gasteiger partial charge < -0.3 is 38.2 Å². The van der Waals surface area contributed by atoms with Gasteiger partial charge in [-0.2, -0.15) is 0 Å². The van der Waals surface area contributed by atoms with Crippen LogP contribution in [0, 0.1) is 6.92 Å². The molecular formula is C60H68N4O9S2. The molecule has 0 saturated carbocycles. The lowest BCUT2D eigenvalue weighted by atomic mass is 10.0. The van der Waals surface area contributed by atoms with Crippen molar-refractivity contribution in [2.45, 2.75) is 89.8 Å². The molecule has 9 rings (SSSR count). The molecule has 0 spiro atoms. The fraction of sp³-hybridized carbons (Fsp3) is 0.400. The lowest BCUT2D eigenvalue weighted by molar-refractivity contribution is -0.118. The molecule has 2 atom stereocenters. The lowest BCUT2D eigenvalue weighted by Crippen LogP contribution is -2.38. The predicted molar refractivity (Wildman–Crippen MR) is 302 cm³/mol. The van der Waals surface area contributed by atoms with E-state index in [2.05, 4.69) is 61.2 Å². The number of methoxy groups -OCH3 is 2. The van der Waals surface area contributed by atoms with Crippen LogP contribution >= 0.6 is 21.6 Å². The van der Waals surface area contributed by atoms with Gasteiger partial charge in [0.1, 0.15) is 24.7 Å². The first-order valence-corrected chi connectivity index (χ1v) is 28.3. The number of anilines is 3. The summed E-state index contributed by atoms with van der Waals surface area (Å²) in [6.07, 6.45) is 9.55. The van der Waals surface area contributed by atoms with Crippen molar-refractivity contribution in [2.75, 3.05) is 80.8 Å². The third-order valence-corrected chi connectivity index (χ3v) is 17.2. The number of benzene rings is 5. The fourth-order valence-corrected chi connectivity index (χ4v) is 12.7. The van der Waals surface area contributed by atoms with Gasteiger partial charge in [-0.05, 0) is 116 Å². The summed E-state index contributed by atoms with van der Waals surface area (Å²) in [6.45, 7) is 12.5. The van der Waals surface area contributed by atoms with E-state index in [1.54, 1.807) is 37.1 Å². The van der Waals surface area contributed by atoms with Gasteiger partial charge in [-0.3, -0.25) is 24.3 Å². The SMILES string of the molecule is CCC(=O)CCCSSC(C)(C)CN(CCOCCOCCOC)c1cc(COc2cc3c(cc2C)C(=O)N2c4ccccc4C[C@H]2C=C3)cc(COc2cc3c(cc2OC)C(=O)N2c4ccccc4C[C@H]2C=N3)c1. The largest absolute Gasteiger partial charge is 0.493 e. The Hall–Kier alpha value is -6.10. The summed E-state index contributed by atoms with van der Waals surface area (Å²) < 4.78 is 36.1. The molecule has 75 heavy (non-hydrogen) atoms. The lowest BCUT2D eigenvalue weighted by Gasteiger charge is -2.34. The Kier molecular flexibility index (Phi) is 17.7. The Bertz CT molecular complexity index is 2940. The van der Waals surface area contributed by atoms with Crippen LogP contribution in [-0.4, -0.2) is 107 Å². The molecule has 4 aliphatic heterocycles. The highest BCUT2D eigenvalue weighted by Crippen LogP contribution is 2.43. The molecule has 2 amide bonds. The molecule has 394 valence electrons. The molecule has 4 heterocycles. The van der Waals surface area contributed by atoms with E-state index < -0.39 is 0 Å². The number of aryl methyl sites for hydroxylation is 1. The Morgan fingerprint density at radius 1 is 0.760 bits per heavy atom. The molecule has 0 aliphatic carbocycles. The van der Waals surface area contributed by atoms with Gasteiger partial charge in [0.25, 0.3) is 11.8 Å². The second-order valence-corrected chi connectivity index (χ2v) is 23.0. The quantitative estimate of drug-likeness (QED) is 0.0386. The summed E-state index contributed by atoms with van der Waals surface area (Å²) >= 11 is 0. The van der Waals surface area contributed by atoms with Crippen LogP contribution in [0.15, 0.2) is 102 Å². The molecule has 0 fully saturated rings. The minimum absolute atomic E-state index is 0.0126. The second kappa shape index (κ2) is 24.7. The van der Waals surface area contributed by atoms with E-state index >= 15 is 0 Å². The highest BCUT2D eigenvalue weighted by molar-refractivity contribution is 8.77. The van der Waals surface area contributed by atoms with E-state index in [9.17, 15) is 14.4 Å². The van der Waals surface area contributed by atoms with E-state index in [0.29, 0.717) is 105 Å². The number of carbonyl (C=O) groups is 3. The number of fused-ring (bicyclic) bond motifs is 8. The number of para-hydroxylation sites is 2. The summed E-state index contributed by atoms with van der Waals surface area (Å²) in [7, 11) is 6.87. The van der Waals surface area contributed by atoms with Gasteiger partial charge in [0, 0.05) is 84.9 Å². The maximum atomic E-state index is 14.2. The van der Waals surface area contributed by atoms with Crippen LogP contribution in [0.4, 0.5) is 22.7 Å². The second-order valence-electron chi connectivity index (χ2n) is 19.9. The Morgan fingerprint density at radius 2 is 1.41 bits per heavy atom. The minimum atomic E-state index is -0.197. The Balaban J connectivity index is 0.992. The van der Waals surface area contributed by atoms with Gasteiger partial charge in [-0.15, -0.1) is 0 Å². The first-order valence-electron chi connectivity index (χ1n) is 26.0. The molecule has 0 N–H and O–H groups in total. The van der Waals surface area contributed by atoms with Crippen molar-refractivity contribution >= 4 is 74.2 Å². The van der Waals surface area contributed by atoms with Crippen molar-refractivity contribution in [3.05, 3.63) is 142 Å². The van der Waals surface area contributed by atoms with Gasteiger partial charge >= 0.3 is 0 Å². The van der Waals surface area contributed by atoms with Crippen LogP contribution in [0.2, 0.25) is 0 Å². The van der Waals surface area contributed by atoms with Crippen molar-refractivity contribution in [3.63, 3.8) is 0 Å². The summed E-state index contributed by atoms with van der Waals surface area (Å²) in [5, 5.41) is 0. The Labute approximate surface area is 449 Å². The van der Waals surface area contributed by atoms with E-state index in [4.69, 9.17) is 33.4 Å². The average molecular weight is 1050 g/mol. The number of carbonyl (C=O) groups excluding carboxylic acids is 3. The zero-order valence-electron chi connectivity index (χ0n) is 43.9. The summed E-state index contributed by atoms with van der Waals surface area (Å²) in [5.74, 6) is 2.63. The zero-order chi connectivity index (χ0) is 52.5. The zero-order valence-corrected chi connectivity index (χ0v) is 45.6. The third-order valence-electron chi connectivity index (χ3n) is 13.9. The van der Waals surface area contributed by atoms with Crippen LogP contribution in [-0.2, 0) is 45.1 Å². The molecule has 0 saturated heterocycles. The van der Waals surface area contributed by atoms with Crippen LogP contribution in [0.5, 0.6) is 17.2 Å². The molecule has 0 bridgehead atoms. The van der Waals surface area contributed by atoms with Crippen LogP contribution in [0.25, 0.3) is 6.08 Å². The van der Waals surface area contributed by atoms with Crippen molar-refractivity contribution in [3.8, 4) is 17.2 Å². The number of rotatable bonds is 26. The van der Waals surface area contributed by atoms with Crippen LogP contribution < -0.4 is 28.9 Å². The standard InChI is InChI=1S/C60H68N4O9S2/c1-7-49(65)15-12-26-74-75-60(3,4)39-62(20-21-70-24-25-71-23-22-68-5)47-29-41(37-72-55-33-43-18-19-46-31-44-13-8-10-16-53(44)63(46)58(66)50(43)27-40(55)2)28-42(30-47)38-73-57-35-52-51(34-56(57)69-6)59(67)64-48(36-61-52)32-45-14-9-11-17-54(45)64/h8-11,13-14,16-19,27-30,33-36,46,48H,7,12,15,20-26,31-32,37-39H2,1-6H3/t46-,48+/m1/s1. The van der Waals surface area contributed by atoms with Gasteiger partial charge in [-0.25, -0.2) is 0 Å². The molecule has 0 aromatic heterocycles. The minimum Gasteiger partial charge on any atom is -0.493 e. The van der Waals surface area contributed by atoms with Crippen molar-refractivity contribution in [2.24, 2.45) is 4.99 Å². The van der Waals surface area contributed by atoms with E-state index in [-0.39, 0.29) is 41.9 Å². The predicted octanol–water partition coefficient (Wildman–Crippen LogP) is 11.5. The number of ether oxygens (including phenoxy) is 6. The average Bonchev–Trinajstić information content (AvgIpc) is 3.92. The first-order chi connectivity index (χ1) is 36.4. The third kappa shape index (κ3) is 12.8. The first kappa shape index (κ1) is 53.7. The van der Waals surface area contributed by atoms with Crippen molar-refractivity contribution in [1.82, 2.24) is 0 Å². The van der Waals surface area contributed by atoms with Crippen molar-refractivity contribution < 1.29 is 42.8 Å². The molecule has 15 heteroatoms. The van der Waals surface area contributed by atoms with E-state index in [1.165, 1.54) is 5.56 Å². The molecule has 5 aromatic rings. The number of nitrogens with zero attached hydrogens (tertiary/aromatic N) is 4.